The minimum Gasteiger partial charge on any atom is -0.507 e. The van der Waals surface area contributed by atoms with Gasteiger partial charge in [-0.25, -0.2) is 0 Å². The summed E-state index contributed by atoms with van der Waals surface area (Å²) in [5.41, 5.74) is 5.09. The quantitative estimate of drug-likeness (QED) is 0.318. The summed E-state index contributed by atoms with van der Waals surface area (Å²) in [5.74, 6) is 0.952. The monoisotopic (exact) mass is 634 g/mol. The lowest BCUT2D eigenvalue weighted by atomic mass is 9.95. The number of carbonyl (C=O) groups is 2. The number of ether oxygens (including phenoxy) is 1. The Morgan fingerprint density at radius 3 is 2.20 bits per heavy atom. The van der Waals surface area contributed by atoms with E-state index in [1.54, 1.807) is 41.2 Å². The molecule has 8 heteroatoms. The van der Waals surface area contributed by atoms with Gasteiger partial charge in [-0.2, -0.15) is 0 Å². The summed E-state index contributed by atoms with van der Waals surface area (Å²) >= 11 is 6.35. The van der Waals surface area contributed by atoms with E-state index in [9.17, 15) is 19.8 Å². The van der Waals surface area contributed by atoms with E-state index in [1.165, 1.54) is 12.2 Å². The van der Waals surface area contributed by atoms with Gasteiger partial charge in [0.15, 0.2) is 0 Å². The number of hydrogen-bond acceptors (Lipinski definition) is 5. The first kappa shape index (κ1) is 29.9. The predicted octanol–water partition coefficient (Wildman–Crippen LogP) is 3.80. The van der Waals surface area contributed by atoms with Crippen molar-refractivity contribution in [1.82, 2.24) is 0 Å². The highest BCUT2D eigenvalue weighted by molar-refractivity contribution is 6.19. The molecule has 0 spiro atoms. The summed E-state index contributed by atoms with van der Waals surface area (Å²) in [5, 5.41) is 25.1. The van der Waals surface area contributed by atoms with E-state index in [0.29, 0.717) is 30.4 Å². The van der Waals surface area contributed by atoms with Crippen LogP contribution in [0.2, 0.25) is 0 Å². The van der Waals surface area contributed by atoms with Crippen molar-refractivity contribution in [3.05, 3.63) is 85.6 Å². The normalized spacial score (nSPS) is 17.8. The lowest BCUT2D eigenvalue weighted by Gasteiger charge is -2.17. The van der Waals surface area contributed by atoms with Gasteiger partial charge in [-0.05, 0) is 77.5 Å². The number of carbonyl (C=O) groups excluding carboxylic acids is 2. The molecule has 2 aliphatic heterocycles. The summed E-state index contributed by atoms with van der Waals surface area (Å²) in [6.45, 7) is 1.01. The Morgan fingerprint density at radius 2 is 1.48 bits per heavy atom. The van der Waals surface area contributed by atoms with E-state index in [4.69, 9.17) is 16.3 Å². The number of anilines is 2. The maximum absolute atomic E-state index is 13.4. The zero-order valence-corrected chi connectivity index (χ0v) is 26.4. The molecule has 7 nitrogen and oxygen atoms in total. The molecule has 1 unspecified atom stereocenters. The van der Waals surface area contributed by atoms with Crippen molar-refractivity contribution in [2.24, 2.45) is 0 Å². The Hall–Kier alpha value is -4.75. The number of halogens is 1. The third kappa shape index (κ3) is 5.18. The first-order valence-corrected chi connectivity index (χ1v) is 16.3. The lowest BCUT2D eigenvalue weighted by Crippen LogP contribution is -2.31. The average molecular weight is 635 g/mol. The van der Waals surface area contributed by atoms with E-state index in [-0.39, 0.29) is 29.2 Å². The molecule has 2 N–H and O–H groups in total. The number of alkyl halides is 1. The number of benzene rings is 3. The second-order valence-corrected chi connectivity index (χ2v) is 12.4. The van der Waals surface area contributed by atoms with E-state index < -0.39 is 0 Å². The number of fused-ring (bicyclic) bond motifs is 6. The molecule has 7 rings (SSSR count). The lowest BCUT2D eigenvalue weighted by molar-refractivity contribution is -0.114. The Morgan fingerprint density at radius 1 is 0.848 bits per heavy atom. The van der Waals surface area contributed by atoms with Crippen molar-refractivity contribution in [2.45, 2.75) is 38.0 Å². The number of phenolic OH excluding ortho intramolecular Hbond substituents is 2. The van der Waals surface area contributed by atoms with Crippen molar-refractivity contribution < 1.29 is 24.5 Å². The molecule has 2 aliphatic carbocycles. The topological polar surface area (TPSA) is 90.3 Å². The van der Waals surface area contributed by atoms with Gasteiger partial charge in [0.25, 0.3) is 11.8 Å². The minimum absolute atomic E-state index is 0.0121. The molecule has 2 amide bonds. The highest BCUT2D eigenvalue weighted by Gasteiger charge is 2.33. The highest BCUT2D eigenvalue weighted by Crippen LogP contribution is 2.36. The molecular weight excluding hydrogens is 600 g/mol. The molecular formula is C38H35ClN2O5. The van der Waals surface area contributed by atoms with E-state index in [2.05, 4.69) is 18.2 Å². The molecule has 0 fully saturated rings. The Labute approximate surface area is 272 Å². The number of methoxy groups -OCH3 is 1. The number of aromatic hydroxyl groups is 2. The van der Waals surface area contributed by atoms with Gasteiger partial charge < -0.3 is 24.7 Å². The maximum atomic E-state index is 13.4. The van der Waals surface area contributed by atoms with Crippen molar-refractivity contribution in [1.29, 1.82) is 0 Å². The van der Waals surface area contributed by atoms with Gasteiger partial charge in [0.2, 0.25) is 0 Å². The van der Waals surface area contributed by atoms with Gasteiger partial charge in [-0.15, -0.1) is 11.6 Å². The van der Waals surface area contributed by atoms with Crippen molar-refractivity contribution >= 4 is 71.2 Å². The first-order valence-electron chi connectivity index (χ1n) is 15.7. The zero-order chi connectivity index (χ0) is 31.9. The summed E-state index contributed by atoms with van der Waals surface area (Å²) in [7, 11) is 1.57. The summed E-state index contributed by atoms with van der Waals surface area (Å²) < 4.78 is 5.63. The van der Waals surface area contributed by atoms with Crippen LogP contribution in [0.3, 0.4) is 0 Å². The molecule has 0 aromatic heterocycles. The van der Waals surface area contributed by atoms with Crippen LogP contribution in [0.5, 0.6) is 17.2 Å². The van der Waals surface area contributed by atoms with Crippen LogP contribution in [-0.2, 0) is 16.0 Å². The number of phenols is 2. The zero-order valence-electron chi connectivity index (χ0n) is 25.6. The molecule has 0 saturated carbocycles. The van der Waals surface area contributed by atoms with Crippen molar-refractivity contribution in [3.63, 3.8) is 0 Å². The van der Waals surface area contributed by atoms with Crippen LogP contribution in [0, 0.1) is 0 Å². The average Bonchev–Trinajstić information content (AvgIpc) is 3.68. The maximum Gasteiger partial charge on any atom is 0.251 e. The van der Waals surface area contributed by atoms with Crippen LogP contribution in [-0.4, -0.2) is 48.1 Å². The number of rotatable bonds is 6. The van der Waals surface area contributed by atoms with Crippen molar-refractivity contribution in [2.75, 3.05) is 35.9 Å². The fourth-order valence-electron chi connectivity index (χ4n) is 7.18. The van der Waals surface area contributed by atoms with E-state index in [0.717, 1.165) is 80.9 Å². The molecule has 0 bridgehead atoms. The number of nitrogens with zero attached hydrogens (tertiary/aromatic N) is 2. The Bertz CT molecular complexity index is 2100. The number of hydrogen-bond donors (Lipinski definition) is 2. The van der Waals surface area contributed by atoms with Crippen LogP contribution >= 0.6 is 11.6 Å². The Balaban J connectivity index is 1.09. The van der Waals surface area contributed by atoms with Crippen LogP contribution in [0.1, 0.15) is 53.9 Å². The predicted molar refractivity (Wildman–Crippen MR) is 184 cm³/mol. The van der Waals surface area contributed by atoms with Gasteiger partial charge >= 0.3 is 0 Å². The molecule has 234 valence electrons. The third-order valence-electron chi connectivity index (χ3n) is 9.38. The van der Waals surface area contributed by atoms with Gasteiger partial charge in [0.1, 0.15) is 17.2 Å². The minimum atomic E-state index is -0.199. The molecule has 2 heterocycles. The van der Waals surface area contributed by atoms with Crippen molar-refractivity contribution in [3.8, 4) is 17.2 Å². The van der Waals surface area contributed by atoms with Gasteiger partial charge in [0.05, 0.1) is 18.5 Å². The fraction of sp³-hybridized carbons (Fsp3) is 0.263. The Kier molecular flexibility index (Phi) is 7.95. The molecule has 46 heavy (non-hydrogen) atoms. The largest absolute Gasteiger partial charge is 0.507 e. The summed E-state index contributed by atoms with van der Waals surface area (Å²) in [4.78, 5) is 30.1. The van der Waals surface area contributed by atoms with Crippen LogP contribution < -0.4 is 35.4 Å². The fourth-order valence-corrected chi connectivity index (χ4v) is 7.43. The SMILES string of the molecule is COc1cc(/C=C/C(=O)N2CC(CCl)c3c2cc(O)c2c3=CCCC=2)ccc1/C=C/C(=O)N1CCc2c1cc(O)c1c2=CCCC=1. The van der Waals surface area contributed by atoms with Crippen LogP contribution in [0.25, 0.3) is 36.5 Å². The second-order valence-electron chi connectivity index (χ2n) is 12.1. The number of amides is 2. The smallest absolute Gasteiger partial charge is 0.251 e. The standard InChI is InChI=1S/C38H35ClN2O5/c1-46-35-18-23(11-14-37(45)41-22-25(21-39)38-30-9-5-4-8-29(30)34(43)20-32(38)41)10-12-24(35)13-15-36(44)40-17-16-27-26-6-2-3-7-28(26)33(42)19-31(27)40/h6-15,18-20,25,42-43H,2-5,16-17,21-22H2,1H3/b14-11+,15-13+. The van der Waals surface area contributed by atoms with E-state index >= 15 is 0 Å². The van der Waals surface area contributed by atoms with Gasteiger partial charge in [0, 0.05) is 65.2 Å². The third-order valence-corrected chi connectivity index (χ3v) is 9.76. The van der Waals surface area contributed by atoms with E-state index in [1.807, 2.05) is 24.3 Å². The van der Waals surface area contributed by atoms with Gasteiger partial charge in [-0.1, -0.05) is 36.4 Å². The second kappa shape index (κ2) is 12.2. The van der Waals surface area contributed by atoms with Gasteiger partial charge in [-0.3, -0.25) is 9.59 Å². The molecule has 1 atom stereocenters. The summed E-state index contributed by atoms with van der Waals surface area (Å²) in [6, 6.07) is 8.92. The molecule has 3 aromatic rings. The highest BCUT2D eigenvalue weighted by atomic mass is 35.5. The van der Waals surface area contributed by atoms with Crippen LogP contribution in [0.4, 0.5) is 11.4 Å². The molecule has 4 aliphatic rings. The summed E-state index contributed by atoms with van der Waals surface area (Å²) in [6.07, 6.45) is 19.3. The molecule has 3 aromatic carbocycles. The first-order chi connectivity index (χ1) is 22.4. The molecule has 0 radical (unpaired) electrons. The van der Waals surface area contributed by atoms with Crippen LogP contribution in [0.15, 0.2) is 42.5 Å². The molecule has 0 saturated heterocycles.